The van der Waals surface area contributed by atoms with Gasteiger partial charge in [-0.1, -0.05) is 18.2 Å². The Labute approximate surface area is 198 Å². The number of allylic oxidation sites excluding steroid dienone is 1. The fourth-order valence-corrected chi connectivity index (χ4v) is 3.97. The fraction of sp³-hybridized carbons (Fsp3) is 0.115. The van der Waals surface area contributed by atoms with E-state index >= 15 is 0 Å². The van der Waals surface area contributed by atoms with Crippen molar-refractivity contribution in [3.05, 3.63) is 129 Å². The van der Waals surface area contributed by atoms with E-state index in [1.807, 2.05) is 12.1 Å². The first-order valence-electron chi connectivity index (χ1n) is 10.9. The van der Waals surface area contributed by atoms with Crippen LogP contribution in [-0.4, -0.2) is 25.4 Å². The summed E-state index contributed by atoms with van der Waals surface area (Å²) in [6, 6.07) is 12.0. The minimum atomic E-state index is -0.998. The monoisotopic (exact) mass is 471 g/mol. The van der Waals surface area contributed by atoms with Gasteiger partial charge in [0, 0.05) is 30.0 Å². The van der Waals surface area contributed by atoms with Crippen molar-refractivity contribution >= 4 is 11.5 Å². The second kappa shape index (κ2) is 9.38. The van der Waals surface area contributed by atoms with Gasteiger partial charge in [-0.05, 0) is 42.0 Å². The standard InChI is InChI=1S/C26H19F2N5O2/c27-21-7-5-16(11-22(21)28)14-33-10-2-4-20(26(33)35)25(34)30-13-17-12-24(32-15-31-17)19-6-8-23-18(19)3-1-9-29-23/h1-7,9-12,15H,8,13-14H2,(H,30,34). The molecule has 3 aromatic heterocycles. The highest BCUT2D eigenvalue weighted by Gasteiger charge is 2.18. The van der Waals surface area contributed by atoms with Crippen molar-refractivity contribution in [3.8, 4) is 0 Å². The number of pyridine rings is 2. The molecule has 0 bridgehead atoms. The molecule has 1 N–H and O–H groups in total. The van der Waals surface area contributed by atoms with E-state index in [0.29, 0.717) is 11.3 Å². The number of aromatic nitrogens is 4. The number of hydrogen-bond donors (Lipinski definition) is 1. The van der Waals surface area contributed by atoms with Crippen LogP contribution >= 0.6 is 0 Å². The van der Waals surface area contributed by atoms with Crippen LogP contribution in [0.1, 0.15) is 38.6 Å². The average Bonchev–Trinajstić information content (AvgIpc) is 3.30. The van der Waals surface area contributed by atoms with Crippen molar-refractivity contribution in [1.29, 1.82) is 0 Å². The molecular weight excluding hydrogens is 452 g/mol. The number of halogens is 2. The average molecular weight is 471 g/mol. The number of nitrogens with one attached hydrogen (secondary N) is 1. The Bertz CT molecular complexity index is 1530. The number of benzene rings is 1. The topological polar surface area (TPSA) is 89.8 Å². The van der Waals surface area contributed by atoms with Gasteiger partial charge in [0.2, 0.25) is 0 Å². The molecule has 1 aromatic carbocycles. The smallest absolute Gasteiger partial charge is 0.263 e. The van der Waals surface area contributed by atoms with E-state index in [2.05, 4.69) is 26.3 Å². The zero-order valence-electron chi connectivity index (χ0n) is 18.4. The Morgan fingerprint density at radius 3 is 2.77 bits per heavy atom. The summed E-state index contributed by atoms with van der Waals surface area (Å²) in [6.07, 6.45) is 7.46. The molecule has 7 nitrogen and oxygen atoms in total. The van der Waals surface area contributed by atoms with Gasteiger partial charge in [-0.3, -0.25) is 14.6 Å². The highest BCUT2D eigenvalue weighted by Crippen LogP contribution is 2.30. The molecule has 5 rings (SSSR count). The summed E-state index contributed by atoms with van der Waals surface area (Å²) in [5.41, 5.74) is 4.07. The molecule has 1 amide bonds. The molecule has 4 aromatic rings. The zero-order chi connectivity index (χ0) is 24.4. The normalized spacial score (nSPS) is 12.2. The lowest BCUT2D eigenvalue weighted by Crippen LogP contribution is -2.32. The second-order valence-electron chi connectivity index (χ2n) is 8.00. The lowest BCUT2D eigenvalue weighted by Gasteiger charge is -2.10. The third-order valence-electron chi connectivity index (χ3n) is 5.71. The van der Waals surface area contributed by atoms with E-state index in [9.17, 15) is 18.4 Å². The Balaban J connectivity index is 1.30. The number of carbonyl (C=O) groups is 1. The van der Waals surface area contributed by atoms with Crippen LogP contribution in [0.15, 0.2) is 78.1 Å². The first-order chi connectivity index (χ1) is 17.0. The summed E-state index contributed by atoms with van der Waals surface area (Å²) in [4.78, 5) is 38.5. The lowest BCUT2D eigenvalue weighted by molar-refractivity contribution is 0.0948. The van der Waals surface area contributed by atoms with E-state index in [4.69, 9.17) is 0 Å². The van der Waals surface area contributed by atoms with Crippen molar-refractivity contribution < 1.29 is 13.6 Å². The molecule has 35 heavy (non-hydrogen) atoms. The number of fused-ring (bicyclic) bond motifs is 1. The number of rotatable bonds is 6. The molecule has 0 fully saturated rings. The second-order valence-corrected chi connectivity index (χ2v) is 8.00. The Morgan fingerprint density at radius 2 is 1.91 bits per heavy atom. The van der Waals surface area contributed by atoms with Crippen LogP contribution in [0.25, 0.3) is 5.57 Å². The van der Waals surface area contributed by atoms with Crippen LogP contribution in [0.2, 0.25) is 0 Å². The van der Waals surface area contributed by atoms with E-state index in [0.717, 1.165) is 41.1 Å². The van der Waals surface area contributed by atoms with Gasteiger partial charge in [-0.25, -0.2) is 18.7 Å². The molecule has 0 saturated heterocycles. The van der Waals surface area contributed by atoms with E-state index < -0.39 is 23.1 Å². The van der Waals surface area contributed by atoms with Crippen LogP contribution in [0.5, 0.6) is 0 Å². The maximum Gasteiger partial charge on any atom is 0.263 e. The van der Waals surface area contributed by atoms with E-state index in [1.165, 1.54) is 29.2 Å². The van der Waals surface area contributed by atoms with Gasteiger partial charge < -0.3 is 9.88 Å². The summed E-state index contributed by atoms with van der Waals surface area (Å²) in [5.74, 6) is -2.53. The maximum atomic E-state index is 13.5. The van der Waals surface area contributed by atoms with Gasteiger partial charge in [0.05, 0.1) is 30.2 Å². The number of amides is 1. The minimum absolute atomic E-state index is 0.00212. The highest BCUT2D eigenvalue weighted by molar-refractivity contribution is 5.93. The summed E-state index contributed by atoms with van der Waals surface area (Å²) >= 11 is 0. The third kappa shape index (κ3) is 4.61. The quantitative estimate of drug-likeness (QED) is 0.466. The van der Waals surface area contributed by atoms with E-state index in [1.54, 1.807) is 18.3 Å². The van der Waals surface area contributed by atoms with Crippen LogP contribution in [0, 0.1) is 11.6 Å². The maximum absolute atomic E-state index is 13.5. The van der Waals surface area contributed by atoms with Gasteiger partial charge in [0.1, 0.15) is 11.9 Å². The third-order valence-corrected chi connectivity index (χ3v) is 5.71. The summed E-state index contributed by atoms with van der Waals surface area (Å²) in [7, 11) is 0. The Morgan fingerprint density at radius 1 is 1.03 bits per heavy atom. The predicted octanol–water partition coefficient (Wildman–Crippen LogP) is 3.28. The molecule has 174 valence electrons. The highest BCUT2D eigenvalue weighted by atomic mass is 19.2. The van der Waals surface area contributed by atoms with Crippen molar-refractivity contribution in [2.24, 2.45) is 0 Å². The van der Waals surface area contributed by atoms with Crippen LogP contribution < -0.4 is 10.9 Å². The fourth-order valence-electron chi connectivity index (χ4n) is 3.97. The first kappa shape index (κ1) is 22.3. The van der Waals surface area contributed by atoms with Crippen molar-refractivity contribution in [2.45, 2.75) is 19.5 Å². The SMILES string of the molecule is O=C(NCc1cc(C2=CCc3ncccc32)ncn1)c1cccn(Cc2ccc(F)c(F)c2)c1=O. The first-order valence-corrected chi connectivity index (χ1v) is 10.9. The molecule has 0 aliphatic heterocycles. The predicted molar refractivity (Wildman–Crippen MR) is 124 cm³/mol. The van der Waals surface area contributed by atoms with Crippen molar-refractivity contribution in [1.82, 2.24) is 24.8 Å². The van der Waals surface area contributed by atoms with Crippen LogP contribution in [0.4, 0.5) is 8.78 Å². The van der Waals surface area contributed by atoms with Crippen molar-refractivity contribution in [3.63, 3.8) is 0 Å². The molecular formula is C26H19F2N5O2. The molecule has 0 saturated carbocycles. The zero-order valence-corrected chi connectivity index (χ0v) is 18.4. The van der Waals surface area contributed by atoms with E-state index in [-0.39, 0.29) is 18.7 Å². The van der Waals surface area contributed by atoms with Gasteiger partial charge in [-0.15, -0.1) is 0 Å². The van der Waals surface area contributed by atoms with Gasteiger partial charge >= 0.3 is 0 Å². The van der Waals surface area contributed by atoms with Crippen LogP contribution in [0.3, 0.4) is 0 Å². The largest absolute Gasteiger partial charge is 0.346 e. The van der Waals surface area contributed by atoms with Crippen molar-refractivity contribution in [2.75, 3.05) is 0 Å². The molecule has 0 spiro atoms. The van der Waals surface area contributed by atoms with Gasteiger partial charge in [0.25, 0.3) is 11.5 Å². The summed E-state index contributed by atoms with van der Waals surface area (Å²) < 4.78 is 28.0. The molecule has 0 unspecified atom stereocenters. The van der Waals surface area contributed by atoms with Crippen LogP contribution in [-0.2, 0) is 19.5 Å². The molecule has 1 aliphatic rings. The number of hydrogen-bond acceptors (Lipinski definition) is 5. The molecule has 9 heteroatoms. The Kier molecular flexibility index (Phi) is 5.97. The number of carbonyl (C=O) groups excluding carboxylic acids is 1. The summed E-state index contributed by atoms with van der Waals surface area (Å²) in [6.45, 7) is 0.0942. The number of nitrogens with zero attached hydrogens (tertiary/aromatic N) is 4. The molecule has 0 atom stereocenters. The summed E-state index contributed by atoms with van der Waals surface area (Å²) in [5, 5.41) is 2.72. The van der Waals surface area contributed by atoms with Gasteiger partial charge in [-0.2, -0.15) is 0 Å². The van der Waals surface area contributed by atoms with Gasteiger partial charge in [0.15, 0.2) is 11.6 Å². The molecule has 3 heterocycles. The lowest BCUT2D eigenvalue weighted by atomic mass is 10.1. The molecule has 1 aliphatic carbocycles. The Hall–Kier alpha value is -4.53. The minimum Gasteiger partial charge on any atom is -0.346 e. The molecule has 0 radical (unpaired) electrons.